The fraction of sp³-hybridized carbons (Fsp3) is 0.526. The van der Waals surface area contributed by atoms with E-state index >= 15 is 0 Å². The smallest absolute Gasteiger partial charge is 0.330 e. The van der Waals surface area contributed by atoms with Crippen molar-refractivity contribution in [2.45, 2.75) is 49.1 Å². The number of nitrogens with zero attached hydrogens (tertiary/aromatic N) is 1. The van der Waals surface area contributed by atoms with E-state index < -0.39 is 90.4 Å². The highest BCUT2D eigenvalue weighted by atomic mass is 16.7. The Morgan fingerprint density at radius 2 is 1.92 bits per heavy atom. The molecule has 198 valence electrons. The van der Waals surface area contributed by atoms with Gasteiger partial charge in [0.2, 0.25) is 18.1 Å². The van der Waals surface area contributed by atoms with Crippen LogP contribution in [0, 0.1) is 0 Å². The van der Waals surface area contributed by atoms with Crippen molar-refractivity contribution < 1.29 is 48.7 Å². The second-order valence-electron chi connectivity index (χ2n) is 7.81. The molecule has 0 bridgehead atoms. The van der Waals surface area contributed by atoms with Crippen molar-refractivity contribution >= 4 is 17.7 Å². The number of nitrogens with one attached hydrogen (secondary N) is 2. The summed E-state index contributed by atoms with van der Waals surface area (Å²) in [5, 5.41) is 33.2. The zero-order valence-corrected chi connectivity index (χ0v) is 18.7. The molecule has 1 saturated heterocycles. The van der Waals surface area contributed by atoms with Gasteiger partial charge in [0.15, 0.2) is 18.1 Å². The number of aromatic nitrogens is 2. The molecule has 3 rings (SSSR count). The van der Waals surface area contributed by atoms with Gasteiger partial charge in [0, 0.05) is 19.4 Å². The fourth-order valence-electron chi connectivity index (χ4n) is 3.62. The van der Waals surface area contributed by atoms with Crippen molar-refractivity contribution in [2.75, 3.05) is 13.7 Å². The lowest BCUT2D eigenvalue weighted by molar-refractivity contribution is -0.240. The van der Waals surface area contributed by atoms with Crippen LogP contribution in [0.4, 0.5) is 0 Å². The molecule has 0 radical (unpaired) electrons. The number of H-pyrrole nitrogens is 1. The van der Waals surface area contributed by atoms with Crippen LogP contribution in [-0.4, -0.2) is 99.2 Å². The highest BCUT2D eigenvalue weighted by Gasteiger charge is 2.52. The number of methoxy groups -OCH3 is 1. The van der Waals surface area contributed by atoms with E-state index in [1.807, 2.05) is 4.98 Å². The second kappa shape index (κ2) is 11.0. The van der Waals surface area contributed by atoms with Crippen LogP contribution in [-0.2, 0) is 33.3 Å². The number of carbonyl (C=O) groups is 3. The van der Waals surface area contributed by atoms with Crippen LogP contribution >= 0.6 is 0 Å². The zero-order chi connectivity index (χ0) is 26.7. The molecule has 3 heterocycles. The fourth-order valence-corrected chi connectivity index (χ4v) is 3.62. The van der Waals surface area contributed by atoms with Gasteiger partial charge in [0.1, 0.15) is 30.5 Å². The number of nitrogens with two attached hydrogens (primary N) is 2. The third-order valence-corrected chi connectivity index (χ3v) is 5.35. The molecule has 0 aliphatic carbocycles. The molecular formula is C19H25N5O12. The summed E-state index contributed by atoms with van der Waals surface area (Å²) in [4.78, 5) is 60.9. The Morgan fingerprint density at radius 1 is 1.22 bits per heavy atom. The van der Waals surface area contributed by atoms with Crippen molar-refractivity contribution in [3.05, 3.63) is 44.9 Å². The number of ether oxygens (including phenoxy) is 4. The highest BCUT2D eigenvalue weighted by molar-refractivity contribution is 5.94. The van der Waals surface area contributed by atoms with E-state index in [-0.39, 0.29) is 0 Å². The summed E-state index contributed by atoms with van der Waals surface area (Å²) >= 11 is 0. The van der Waals surface area contributed by atoms with Gasteiger partial charge in [-0.1, -0.05) is 0 Å². The first-order valence-electron chi connectivity index (χ1n) is 10.4. The maximum absolute atomic E-state index is 12.2. The molecule has 17 heteroatoms. The standard InChI is InChI=1S/C19H25N5O12/c1-33-13-11(29)12(35-17(13)24-3-2-9(27)23-19(24)32)14(15(21)30)36-18-10(28)6(25)4-7(34-18)16(31)22-5-8(20)26/h2-4,6,10-14,17-18,25,28-29H,5H2,1H3,(H2,20,26)(H2,21,30)(H,22,31)(H,23,27,32)/t6?,10?,11?,12-,13?,14?,17?,18+/m0/s1. The second-order valence-corrected chi connectivity index (χ2v) is 7.81. The topological polar surface area (TPSA) is 268 Å². The summed E-state index contributed by atoms with van der Waals surface area (Å²) in [5.41, 5.74) is 8.78. The molecule has 0 aromatic carbocycles. The van der Waals surface area contributed by atoms with Gasteiger partial charge in [-0.2, -0.15) is 0 Å². The van der Waals surface area contributed by atoms with Crippen LogP contribution in [0.2, 0.25) is 0 Å². The lowest BCUT2D eigenvalue weighted by Gasteiger charge is -2.34. The first-order valence-corrected chi connectivity index (χ1v) is 10.4. The molecule has 36 heavy (non-hydrogen) atoms. The number of aromatic amines is 1. The molecular weight excluding hydrogens is 490 g/mol. The van der Waals surface area contributed by atoms with Crippen molar-refractivity contribution in [3.8, 4) is 0 Å². The first kappa shape index (κ1) is 27.0. The summed E-state index contributed by atoms with van der Waals surface area (Å²) in [6, 6.07) is 1.02. The lowest BCUT2D eigenvalue weighted by Crippen LogP contribution is -2.53. The van der Waals surface area contributed by atoms with Gasteiger partial charge in [0.05, 0.1) is 6.54 Å². The highest BCUT2D eigenvalue weighted by Crippen LogP contribution is 2.34. The van der Waals surface area contributed by atoms with Gasteiger partial charge in [-0.05, 0) is 6.08 Å². The van der Waals surface area contributed by atoms with Crippen LogP contribution < -0.4 is 28.0 Å². The van der Waals surface area contributed by atoms with Crippen molar-refractivity contribution in [3.63, 3.8) is 0 Å². The van der Waals surface area contributed by atoms with Gasteiger partial charge in [-0.3, -0.25) is 28.7 Å². The maximum atomic E-state index is 12.2. The third kappa shape index (κ3) is 5.61. The summed E-state index contributed by atoms with van der Waals surface area (Å²) < 4.78 is 22.4. The number of carbonyl (C=O) groups excluding carboxylic acids is 3. The van der Waals surface area contributed by atoms with Crippen LogP contribution in [0.1, 0.15) is 6.23 Å². The quantitative estimate of drug-likeness (QED) is 0.162. The van der Waals surface area contributed by atoms with Crippen molar-refractivity contribution in [1.82, 2.24) is 14.9 Å². The van der Waals surface area contributed by atoms with Gasteiger partial charge in [0.25, 0.3) is 11.5 Å². The van der Waals surface area contributed by atoms with Crippen LogP contribution in [0.25, 0.3) is 0 Å². The minimum Gasteiger partial charge on any atom is -0.456 e. The Hall–Kier alpha value is -3.61. The average molecular weight is 515 g/mol. The molecule has 0 saturated carbocycles. The minimum absolute atomic E-state index is 0.556. The third-order valence-electron chi connectivity index (χ3n) is 5.35. The largest absolute Gasteiger partial charge is 0.456 e. The average Bonchev–Trinajstić information content (AvgIpc) is 3.13. The van der Waals surface area contributed by atoms with E-state index in [0.717, 1.165) is 22.9 Å². The molecule has 8 atom stereocenters. The SMILES string of the molecule is COC1C(O)[C@@H](C(O[C@H]2OC(C(=O)NCC(N)=O)=CC(O)C2O)C(N)=O)OC1n1ccc(=O)[nH]c1=O. The zero-order valence-electron chi connectivity index (χ0n) is 18.7. The van der Waals surface area contributed by atoms with E-state index in [1.165, 1.54) is 7.11 Å². The Bertz CT molecular complexity index is 1150. The van der Waals surface area contributed by atoms with E-state index in [9.17, 15) is 39.3 Å². The predicted molar refractivity (Wildman–Crippen MR) is 113 cm³/mol. The minimum atomic E-state index is -1.87. The Morgan fingerprint density at radius 3 is 2.50 bits per heavy atom. The molecule has 6 unspecified atom stereocenters. The van der Waals surface area contributed by atoms with E-state index in [2.05, 4.69) is 5.32 Å². The summed E-state index contributed by atoms with van der Waals surface area (Å²) in [5.74, 6) is -3.62. The number of hydrogen-bond acceptors (Lipinski definition) is 12. The molecule has 3 amide bonds. The van der Waals surface area contributed by atoms with E-state index in [1.54, 1.807) is 0 Å². The number of primary amides is 2. The number of amides is 3. The monoisotopic (exact) mass is 515 g/mol. The normalized spacial score (nSPS) is 30.7. The molecule has 1 aromatic rings. The molecule has 9 N–H and O–H groups in total. The van der Waals surface area contributed by atoms with E-state index in [4.69, 9.17) is 30.4 Å². The molecule has 0 spiro atoms. The lowest BCUT2D eigenvalue weighted by atomic mass is 10.0. The van der Waals surface area contributed by atoms with Crippen LogP contribution in [0.5, 0.6) is 0 Å². The van der Waals surface area contributed by atoms with Gasteiger partial charge >= 0.3 is 5.69 Å². The molecule has 1 fully saturated rings. The summed E-state index contributed by atoms with van der Waals surface area (Å²) in [6.45, 7) is -0.556. The summed E-state index contributed by atoms with van der Waals surface area (Å²) in [6.07, 6.45) is -11.2. The first-order chi connectivity index (χ1) is 16.9. The predicted octanol–water partition coefficient (Wildman–Crippen LogP) is -5.76. The number of rotatable bonds is 9. The maximum Gasteiger partial charge on any atom is 0.330 e. The van der Waals surface area contributed by atoms with Crippen LogP contribution in [0.3, 0.4) is 0 Å². The Kier molecular flexibility index (Phi) is 8.23. The van der Waals surface area contributed by atoms with Crippen molar-refractivity contribution in [2.24, 2.45) is 11.5 Å². The van der Waals surface area contributed by atoms with Gasteiger partial charge < -0.3 is 51.1 Å². The molecule has 17 nitrogen and oxygen atoms in total. The number of aliphatic hydroxyl groups is 3. The Labute approximate surface area is 201 Å². The number of aliphatic hydroxyl groups excluding tert-OH is 3. The van der Waals surface area contributed by atoms with Crippen LogP contribution in [0.15, 0.2) is 33.7 Å². The van der Waals surface area contributed by atoms with Gasteiger partial charge in [-0.15, -0.1) is 0 Å². The molecule has 2 aliphatic rings. The van der Waals surface area contributed by atoms with Crippen molar-refractivity contribution in [1.29, 1.82) is 0 Å². The van der Waals surface area contributed by atoms with Gasteiger partial charge in [-0.25, -0.2) is 4.79 Å². The molecule has 1 aromatic heterocycles. The Balaban J connectivity index is 1.83. The number of hydrogen-bond donors (Lipinski definition) is 7. The van der Waals surface area contributed by atoms with E-state index in [0.29, 0.717) is 0 Å². The molecule has 2 aliphatic heterocycles. The summed E-state index contributed by atoms with van der Waals surface area (Å²) in [7, 11) is 1.19.